The first-order valence-electron chi connectivity index (χ1n) is 4.68. The molecule has 0 atom stereocenters. The van der Waals surface area contributed by atoms with Crippen molar-refractivity contribution in [3.05, 3.63) is 18.2 Å². The molecule has 0 aromatic carbocycles. The molecule has 0 amide bonds. The Balaban J connectivity index is 2.56. The van der Waals surface area contributed by atoms with Gasteiger partial charge in [-0.1, -0.05) is 0 Å². The van der Waals surface area contributed by atoms with Gasteiger partial charge in [-0.3, -0.25) is 0 Å². The van der Waals surface area contributed by atoms with Gasteiger partial charge >= 0.3 is 0 Å². The molecule has 0 radical (unpaired) electrons. The number of hydrogen-bond acceptors (Lipinski definition) is 4. The molecule has 0 saturated carbocycles. The maximum absolute atomic E-state index is 11.6. The van der Waals surface area contributed by atoms with E-state index in [0.717, 1.165) is 0 Å². The molecule has 0 aliphatic heterocycles. The van der Waals surface area contributed by atoms with Crippen LogP contribution in [-0.4, -0.2) is 42.0 Å². The van der Waals surface area contributed by atoms with Crippen LogP contribution in [0.1, 0.15) is 12.2 Å². The van der Waals surface area contributed by atoms with E-state index < -0.39 is 10.0 Å². The van der Waals surface area contributed by atoms with E-state index in [0.29, 0.717) is 18.8 Å². The molecule has 0 aliphatic carbocycles. The Morgan fingerprint density at radius 1 is 1.60 bits per heavy atom. The largest absolute Gasteiger partial charge is 0.347 e. The van der Waals surface area contributed by atoms with Crippen molar-refractivity contribution in [2.45, 2.75) is 13.0 Å². The van der Waals surface area contributed by atoms with E-state index >= 15 is 0 Å². The van der Waals surface area contributed by atoms with Gasteiger partial charge in [-0.25, -0.2) is 13.4 Å². The van der Waals surface area contributed by atoms with Gasteiger partial charge in [0.1, 0.15) is 5.82 Å². The number of imidazole rings is 1. The second-order valence-corrected chi connectivity index (χ2v) is 5.45. The summed E-state index contributed by atoms with van der Waals surface area (Å²) in [4.78, 5) is 6.82. The smallest absolute Gasteiger partial charge is 0.214 e. The third-order valence-electron chi connectivity index (χ3n) is 2.01. The minimum atomic E-state index is -3.21. The molecule has 0 fully saturated rings. The third kappa shape index (κ3) is 3.61. The Kier molecular flexibility index (Phi) is 4.25. The van der Waals surface area contributed by atoms with E-state index in [1.165, 1.54) is 11.4 Å². The molecule has 1 rings (SSSR count). The number of H-pyrrole nitrogens is 1. The molecule has 0 aliphatic rings. The number of nitrogens with two attached hydrogens (primary N) is 1. The van der Waals surface area contributed by atoms with Crippen LogP contribution in [0.15, 0.2) is 12.4 Å². The van der Waals surface area contributed by atoms with Gasteiger partial charge in [0.25, 0.3) is 0 Å². The molecule has 1 aromatic rings. The summed E-state index contributed by atoms with van der Waals surface area (Å²) in [6.07, 6.45) is 3.73. The second kappa shape index (κ2) is 5.24. The lowest BCUT2D eigenvalue weighted by Gasteiger charge is -2.15. The summed E-state index contributed by atoms with van der Waals surface area (Å²) in [7, 11) is -1.67. The number of aromatic amines is 1. The zero-order valence-corrected chi connectivity index (χ0v) is 9.50. The van der Waals surface area contributed by atoms with Crippen LogP contribution in [0.5, 0.6) is 0 Å². The third-order valence-corrected chi connectivity index (χ3v) is 3.89. The average Bonchev–Trinajstić information content (AvgIpc) is 2.67. The van der Waals surface area contributed by atoms with E-state index in [4.69, 9.17) is 5.73 Å². The lowest BCUT2D eigenvalue weighted by molar-refractivity contribution is 0.457. The molecule has 15 heavy (non-hydrogen) atoms. The fraction of sp³-hybridized carbons (Fsp3) is 0.625. The van der Waals surface area contributed by atoms with Crippen molar-refractivity contribution < 1.29 is 8.42 Å². The van der Waals surface area contributed by atoms with Crippen molar-refractivity contribution in [2.24, 2.45) is 5.73 Å². The van der Waals surface area contributed by atoms with Crippen LogP contribution in [0.4, 0.5) is 0 Å². The van der Waals surface area contributed by atoms with Crippen molar-refractivity contribution in [1.29, 1.82) is 0 Å². The first-order chi connectivity index (χ1) is 7.06. The Morgan fingerprint density at radius 2 is 2.33 bits per heavy atom. The standard InChI is InChI=1S/C8H16N4O2S/c1-12(7-8-10-4-5-11-8)15(13,14)6-2-3-9/h4-5H,2-3,6-7,9H2,1H3,(H,10,11). The summed E-state index contributed by atoms with van der Waals surface area (Å²) in [6.45, 7) is 0.647. The lowest BCUT2D eigenvalue weighted by Crippen LogP contribution is -2.30. The molecule has 0 spiro atoms. The van der Waals surface area contributed by atoms with E-state index in [2.05, 4.69) is 9.97 Å². The topological polar surface area (TPSA) is 92.1 Å². The zero-order chi connectivity index (χ0) is 11.3. The van der Waals surface area contributed by atoms with E-state index in [1.54, 1.807) is 12.4 Å². The highest BCUT2D eigenvalue weighted by Crippen LogP contribution is 2.04. The molecule has 7 heteroatoms. The van der Waals surface area contributed by atoms with Gasteiger partial charge in [-0.2, -0.15) is 4.31 Å². The van der Waals surface area contributed by atoms with Crippen molar-refractivity contribution in [3.8, 4) is 0 Å². The minimum Gasteiger partial charge on any atom is -0.347 e. The molecular formula is C8H16N4O2S. The molecule has 1 heterocycles. The summed E-state index contributed by atoms with van der Waals surface area (Å²) in [5.74, 6) is 0.717. The van der Waals surface area contributed by atoms with Crippen molar-refractivity contribution >= 4 is 10.0 Å². The highest BCUT2D eigenvalue weighted by atomic mass is 32.2. The van der Waals surface area contributed by atoms with Crippen molar-refractivity contribution in [3.63, 3.8) is 0 Å². The van der Waals surface area contributed by atoms with Gasteiger partial charge in [0.2, 0.25) is 10.0 Å². The van der Waals surface area contributed by atoms with Gasteiger partial charge in [0.15, 0.2) is 0 Å². The van der Waals surface area contributed by atoms with E-state index in [-0.39, 0.29) is 12.3 Å². The Hall–Kier alpha value is -0.920. The number of rotatable bonds is 6. The fourth-order valence-electron chi connectivity index (χ4n) is 1.12. The summed E-state index contributed by atoms with van der Waals surface area (Å²) < 4.78 is 24.6. The predicted octanol–water partition coefficient (Wildman–Crippen LogP) is -0.480. The van der Waals surface area contributed by atoms with Crippen LogP contribution in [0.25, 0.3) is 0 Å². The van der Waals surface area contributed by atoms with Crippen LogP contribution < -0.4 is 5.73 Å². The first kappa shape index (κ1) is 12.2. The maximum Gasteiger partial charge on any atom is 0.214 e. The normalized spacial score (nSPS) is 12.2. The van der Waals surface area contributed by atoms with Gasteiger partial charge in [0, 0.05) is 19.4 Å². The van der Waals surface area contributed by atoms with Gasteiger partial charge in [-0.15, -0.1) is 0 Å². The summed E-state index contributed by atoms with van der Waals surface area (Å²) in [5, 5.41) is 0. The highest BCUT2D eigenvalue weighted by molar-refractivity contribution is 7.89. The number of nitrogens with one attached hydrogen (secondary N) is 1. The lowest BCUT2D eigenvalue weighted by atomic mass is 10.5. The monoisotopic (exact) mass is 232 g/mol. The summed E-state index contributed by atoms with van der Waals surface area (Å²) >= 11 is 0. The Bertz CT molecular complexity index is 373. The van der Waals surface area contributed by atoms with E-state index in [1.807, 2.05) is 0 Å². The van der Waals surface area contributed by atoms with Crippen LogP contribution in [-0.2, 0) is 16.6 Å². The molecule has 3 N–H and O–H groups in total. The summed E-state index contributed by atoms with van der Waals surface area (Å²) in [6, 6.07) is 0. The number of hydrogen-bond donors (Lipinski definition) is 2. The van der Waals surface area contributed by atoms with Gasteiger partial charge in [-0.05, 0) is 13.0 Å². The Labute approximate surface area is 89.5 Å². The predicted molar refractivity (Wildman–Crippen MR) is 57.5 cm³/mol. The molecular weight excluding hydrogens is 216 g/mol. The SMILES string of the molecule is CN(Cc1ncc[nH]1)S(=O)(=O)CCCN. The number of nitrogens with zero attached hydrogens (tertiary/aromatic N) is 2. The summed E-state index contributed by atoms with van der Waals surface area (Å²) in [5.41, 5.74) is 5.27. The molecule has 0 bridgehead atoms. The zero-order valence-electron chi connectivity index (χ0n) is 8.68. The quantitative estimate of drug-likeness (QED) is 0.693. The molecule has 1 aromatic heterocycles. The number of sulfonamides is 1. The first-order valence-corrected chi connectivity index (χ1v) is 6.29. The van der Waals surface area contributed by atoms with Gasteiger partial charge in [0.05, 0.1) is 12.3 Å². The van der Waals surface area contributed by atoms with Crippen LogP contribution in [0.3, 0.4) is 0 Å². The molecule has 0 saturated heterocycles. The maximum atomic E-state index is 11.6. The molecule has 6 nitrogen and oxygen atoms in total. The fourth-order valence-corrected chi connectivity index (χ4v) is 2.28. The van der Waals surface area contributed by atoms with Crippen LogP contribution in [0.2, 0.25) is 0 Å². The Morgan fingerprint density at radius 3 is 2.87 bits per heavy atom. The van der Waals surface area contributed by atoms with Crippen LogP contribution in [0, 0.1) is 0 Å². The second-order valence-electron chi connectivity index (χ2n) is 3.25. The minimum absolute atomic E-state index is 0.0840. The average molecular weight is 232 g/mol. The van der Waals surface area contributed by atoms with Crippen molar-refractivity contribution in [1.82, 2.24) is 14.3 Å². The van der Waals surface area contributed by atoms with Gasteiger partial charge < -0.3 is 10.7 Å². The number of aromatic nitrogens is 2. The molecule has 0 unspecified atom stereocenters. The highest BCUT2D eigenvalue weighted by Gasteiger charge is 2.17. The van der Waals surface area contributed by atoms with Crippen molar-refractivity contribution in [2.75, 3.05) is 19.3 Å². The van der Waals surface area contributed by atoms with Crippen LogP contribution >= 0.6 is 0 Å². The molecule has 86 valence electrons. The van der Waals surface area contributed by atoms with E-state index in [9.17, 15) is 8.42 Å².